The second kappa shape index (κ2) is 6.79. The lowest BCUT2D eigenvalue weighted by molar-refractivity contribution is 0.503. The highest BCUT2D eigenvalue weighted by Gasteiger charge is 2.36. The molecule has 2 bridgehead atoms. The van der Waals surface area contributed by atoms with Gasteiger partial charge < -0.3 is 15.2 Å². The molecule has 1 aromatic heterocycles. The summed E-state index contributed by atoms with van der Waals surface area (Å²) in [6.07, 6.45) is 3.33. The molecule has 2 unspecified atom stereocenters. The molecule has 0 aliphatic carbocycles. The Morgan fingerprint density at radius 3 is 2.71 bits per heavy atom. The summed E-state index contributed by atoms with van der Waals surface area (Å²) in [5.74, 6) is 0. The van der Waals surface area contributed by atoms with Crippen molar-refractivity contribution in [1.29, 1.82) is 0 Å². The van der Waals surface area contributed by atoms with Crippen molar-refractivity contribution in [1.82, 2.24) is 9.88 Å². The van der Waals surface area contributed by atoms with Crippen molar-refractivity contribution in [2.75, 3.05) is 12.4 Å². The largest absolute Gasteiger partial charge is 0.387 e. The van der Waals surface area contributed by atoms with Crippen LogP contribution in [0.5, 0.6) is 0 Å². The maximum atomic E-state index is 13.3. The van der Waals surface area contributed by atoms with Crippen molar-refractivity contribution in [3.63, 3.8) is 0 Å². The molecular weight excluding hydrogens is 394 g/mol. The van der Waals surface area contributed by atoms with Gasteiger partial charge in [0.15, 0.2) is 0 Å². The highest BCUT2D eigenvalue weighted by Crippen LogP contribution is 2.42. The molecule has 2 atom stereocenters. The molecular formula is C21H24ClN3O2S. The van der Waals surface area contributed by atoms with Crippen LogP contribution in [0.1, 0.15) is 30.1 Å². The highest BCUT2D eigenvalue weighted by atomic mass is 35.5. The van der Waals surface area contributed by atoms with Gasteiger partial charge in [-0.15, -0.1) is 12.4 Å². The third kappa shape index (κ3) is 2.66. The number of rotatable bonds is 3. The summed E-state index contributed by atoms with van der Waals surface area (Å²) >= 11 is 0. The van der Waals surface area contributed by atoms with E-state index in [0.29, 0.717) is 27.6 Å². The van der Waals surface area contributed by atoms with Gasteiger partial charge >= 0.3 is 0 Å². The number of aryl methyl sites for hydroxylation is 1. The molecule has 2 aromatic carbocycles. The van der Waals surface area contributed by atoms with Gasteiger partial charge in [-0.05, 0) is 48.7 Å². The van der Waals surface area contributed by atoms with Gasteiger partial charge in [0.2, 0.25) is 9.84 Å². The van der Waals surface area contributed by atoms with Crippen molar-refractivity contribution in [3.05, 3.63) is 53.7 Å². The molecule has 0 spiro atoms. The highest BCUT2D eigenvalue weighted by molar-refractivity contribution is 7.91. The minimum atomic E-state index is -3.60. The van der Waals surface area contributed by atoms with E-state index in [9.17, 15) is 8.42 Å². The molecule has 5 rings (SSSR count). The molecule has 2 aliphatic heterocycles. The number of halogens is 1. The van der Waals surface area contributed by atoms with Crippen LogP contribution in [-0.4, -0.2) is 26.1 Å². The van der Waals surface area contributed by atoms with Gasteiger partial charge in [-0.25, -0.2) is 8.42 Å². The Bertz CT molecular complexity index is 1170. The molecule has 1 saturated heterocycles. The lowest BCUT2D eigenvalue weighted by Crippen LogP contribution is -2.32. The van der Waals surface area contributed by atoms with Crippen molar-refractivity contribution in [3.8, 4) is 0 Å². The molecule has 0 saturated carbocycles. The molecule has 5 nitrogen and oxygen atoms in total. The minimum absolute atomic E-state index is 0. The predicted molar refractivity (Wildman–Crippen MR) is 114 cm³/mol. The van der Waals surface area contributed by atoms with Gasteiger partial charge in [0.05, 0.1) is 15.5 Å². The van der Waals surface area contributed by atoms with Crippen LogP contribution in [-0.2, 0) is 23.3 Å². The zero-order valence-electron chi connectivity index (χ0n) is 15.9. The standard InChI is InChI=1S/C21H23N3O2S.ClH/c1-22-16-5-3-4-6-20(16)27(25,26)14-8-10-18-15(12-14)21-17-9-7-13(23-17)11-19(21)24(18)2;/h3-6,8,10,12-13,17,22-23H,7,9,11H2,1-2H3;1H. The number of hydrogen-bond donors (Lipinski definition) is 2. The fourth-order valence-electron chi connectivity index (χ4n) is 4.78. The first-order valence-electron chi connectivity index (χ1n) is 9.40. The lowest BCUT2D eigenvalue weighted by atomic mass is 9.99. The van der Waals surface area contributed by atoms with E-state index in [1.54, 1.807) is 31.3 Å². The fourth-order valence-corrected chi connectivity index (χ4v) is 6.27. The first kappa shape index (κ1) is 19.3. The van der Waals surface area contributed by atoms with Crippen LogP contribution in [0.4, 0.5) is 5.69 Å². The topological polar surface area (TPSA) is 63.1 Å². The minimum Gasteiger partial charge on any atom is -0.387 e. The smallest absolute Gasteiger partial charge is 0.208 e. The molecule has 0 radical (unpaired) electrons. The molecule has 3 heterocycles. The maximum Gasteiger partial charge on any atom is 0.208 e. The molecule has 28 heavy (non-hydrogen) atoms. The number of para-hydroxylation sites is 1. The van der Waals surface area contributed by atoms with E-state index in [-0.39, 0.29) is 12.4 Å². The van der Waals surface area contributed by atoms with E-state index in [2.05, 4.69) is 22.2 Å². The quantitative estimate of drug-likeness (QED) is 0.680. The van der Waals surface area contributed by atoms with Crippen molar-refractivity contribution < 1.29 is 8.42 Å². The first-order valence-corrected chi connectivity index (χ1v) is 10.9. The summed E-state index contributed by atoms with van der Waals surface area (Å²) in [5, 5.41) is 7.74. The van der Waals surface area contributed by atoms with Crippen LogP contribution >= 0.6 is 12.4 Å². The Morgan fingerprint density at radius 1 is 1.14 bits per heavy atom. The average molecular weight is 418 g/mol. The zero-order chi connectivity index (χ0) is 18.8. The Balaban J connectivity index is 0.00000192. The first-order chi connectivity index (χ1) is 13.0. The van der Waals surface area contributed by atoms with E-state index >= 15 is 0 Å². The van der Waals surface area contributed by atoms with Crippen LogP contribution < -0.4 is 10.6 Å². The second-order valence-electron chi connectivity index (χ2n) is 7.55. The predicted octanol–water partition coefficient (Wildman–Crippen LogP) is 3.82. The summed E-state index contributed by atoms with van der Waals surface area (Å²) in [5.41, 5.74) is 4.37. The lowest BCUT2D eigenvalue weighted by Gasteiger charge is -2.23. The monoisotopic (exact) mass is 417 g/mol. The van der Waals surface area contributed by atoms with Gasteiger partial charge in [0, 0.05) is 49.2 Å². The number of anilines is 1. The third-order valence-corrected chi connectivity index (χ3v) is 7.93. The number of sulfone groups is 1. The Labute approximate surface area is 171 Å². The van der Waals surface area contributed by atoms with Gasteiger partial charge in [-0.3, -0.25) is 0 Å². The van der Waals surface area contributed by atoms with Crippen LogP contribution in [0.2, 0.25) is 0 Å². The Kier molecular flexibility index (Phi) is 4.68. The zero-order valence-corrected chi connectivity index (χ0v) is 17.5. The van der Waals surface area contributed by atoms with E-state index in [0.717, 1.165) is 23.7 Å². The Hall–Kier alpha value is -2.02. The SMILES string of the molecule is CNc1ccccc1S(=O)(=O)c1ccc2c(c1)c1c(n2C)CC2CCC1N2.Cl. The van der Waals surface area contributed by atoms with Crippen molar-refractivity contribution in [2.24, 2.45) is 7.05 Å². The van der Waals surface area contributed by atoms with Gasteiger partial charge in [-0.1, -0.05) is 12.1 Å². The van der Waals surface area contributed by atoms with Crippen LogP contribution in [0.3, 0.4) is 0 Å². The average Bonchev–Trinajstić information content (AvgIpc) is 3.20. The summed E-state index contributed by atoms with van der Waals surface area (Å²) in [7, 11) is 0.241. The Morgan fingerprint density at radius 2 is 1.93 bits per heavy atom. The van der Waals surface area contributed by atoms with Gasteiger partial charge in [0.1, 0.15) is 0 Å². The summed E-state index contributed by atoms with van der Waals surface area (Å²) in [6, 6.07) is 13.5. The number of nitrogens with zero attached hydrogens (tertiary/aromatic N) is 1. The van der Waals surface area contributed by atoms with Crippen molar-refractivity contribution >= 4 is 38.8 Å². The molecule has 2 N–H and O–H groups in total. The van der Waals surface area contributed by atoms with Crippen LogP contribution in [0.25, 0.3) is 10.9 Å². The molecule has 7 heteroatoms. The summed E-state index contributed by atoms with van der Waals surface area (Å²) in [4.78, 5) is 0.668. The third-order valence-electron chi connectivity index (χ3n) is 6.12. The summed E-state index contributed by atoms with van der Waals surface area (Å²) in [6.45, 7) is 0. The van der Waals surface area contributed by atoms with E-state index in [1.807, 2.05) is 18.2 Å². The maximum absolute atomic E-state index is 13.3. The van der Waals surface area contributed by atoms with Gasteiger partial charge in [-0.2, -0.15) is 0 Å². The normalized spacial score (nSPS) is 20.6. The number of hydrogen-bond acceptors (Lipinski definition) is 4. The van der Waals surface area contributed by atoms with Crippen LogP contribution in [0, 0.1) is 0 Å². The van der Waals surface area contributed by atoms with Crippen LogP contribution in [0.15, 0.2) is 52.3 Å². The fraction of sp³-hybridized carbons (Fsp3) is 0.333. The molecule has 1 fully saturated rings. The number of fused-ring (bicyclic) bond motifs is 6. The van der Waals surface area contributed by atoms with E-state index in [4.69, 9.17) is 0 Å². The molecule has 148 valence electrons. The second-order valence-corrected chi connectivity index (χ2v) is 9.46. The molecule has 0 amide bonds. The summed E-state index contributed by atoms with van der Waals surface area (Å²) < 4.78 is 28.9. The van der Waals surface area contributed by atoms with Crippen molar-refractivity contribution in [2.45, 2.75) is 41.1 Å². The number of nitrogens with one attached hydrogen (secondary N) is 2. The number of aromatic nitrogens is 1. The van der Waals surface area contributed by atoms with E-state index < -0.39 is 9.84 Å². The van der Waals surface area contributed by atoms with E-state index in [1.165, 1.54) is 17.7 Å². The molecule has 2 aliphatic rings. The molecule has 3 aromatic rings. The van der Waals surface area contributed by atoms with Gasteiger partial charge in [0.25, 0.3) is 0 Å². The number of benzene rings is 2.